The smallest absolute Gasteiger partial charge is 0.322 e. The zero-order chi connectivity index (χ0) is 10.7. The highest BCUT2D eigenvalue weighted by atomic mass is 35.5. The Morgan fingerprint density at radius 2 is 2.06 bits per heavy atom. The largest absolute Gasteiger partial charge is 0.468 e. The van der Waals surface area contributed by atoms with Crippen LogP contribution in [-0.4, -0.2) is 25.7 Å². The minimum atomic E-state index is -0.159. The van der Waals surface area contributed by atoms with Crippen molar-refractivity contribution >= 4 is 18.4 Å². The summed E-state index contributed by atoms with van der Waals surface area (Å²) in [6.45, 7) is 0.851. The Morgan fingerprint density at radius 1 is 1.38 bits per heavy atom. The first-order chi connectivity index (χ1) is 7.31. The van der Waals surface area contributed by atoms with Crippen LogP contribution in [0, 0.1) is 0 Å². The number of halogens is 1. The van der Waals surface area contributed by atoms with Gasteiger partial charge in [0.2, 0.25) is 0 Å². The molecule has 4 heteroatoms. The molecule has 1 aliphatic rings. The highest BCUT2D eigenvalue weighted by Gasteiger charge is 2.30. The molecule has 0 bridgehead atoms. The average Bonchev–Trinajstić information content (AvgIpc) is 2.78. The standard InChI is InChI=1S/C12H15NO2.ClH/c1-15-12(14)11-7-10(8-13-11)9-5-3-2-4-6-9;/h2-6,10-11,13H,7-8H2,1H3;1H. The molecule has 2 atom stereocenters. The van der Waals surface area contributed by atoms with Crippen molar-refractivity contribution in [3.8, 4) is 0 Å². The highest BCUT2D eigenvalue weighted by Crippen LogP contribution is 2.25. The summed E-state index contributed by atoms with van der Waals surface area (Å²) in [6, 6.07) is 10.1. The van der Waals surface area contributed by atoms with E-state index in [-0.39, 0.29) is 24.4 Å². The Morgan fingerprint density at radius 3 is 2.69 bits per heavy atom. The molecule has 1 aromatic rings. The van der Waals surface area contributed by atoms with Crippen LogP contribution in [0.4, 0.5) is 0 Å². The summed E-state index contributed by atoms with van der Waals surface area (Å²) in [5, 5.41) is 3.18. The van der Waals surface area contributed by atoms with Crippen LogP contribution in [0.15, 0.2) is 30.3 Å². The van der Waals surface area contributed by atoms with E-state index in [9.17, 15) is 4.79 Å². The second-order valence-corrected chi connectivity index (χ2v) is 3.83. The predicted octanol–water partition coefficient (Wildman–Crippen LogP) is 1.73. The van der Waals surface area contributed by atoms with Crippen LogP contribution in [-0.2, 0) is 9.53 Å². The van der Waals surface area contributed by atoms with Crippen molar-refractivity contribution in [2.75, 3.05) is 13.7 Å². The molecule has 16 heavy (non-hydrogen) atoms. The van der Waals surface area contributed by atoms with E-state index in [0.717, 1.165) is 13.0 Å². The van der Waals surface area contributed by atoms with Gasteiger partial charge in [-0.2, -0.15) is 0 Å². The Hall–Kier alpha value is -1.06. The summed E-state index contributed by atoms with van der Waals surface area (Å²) in [5.74, 6) is 0.267. The second kappa shape index (κ2) is 5.87. The molecule has 1 aliphatic heterocycles. The van der Waals surface area contributed by atoms with Crippen molar-refractivity contribution in [1.82, 2.24) is 5.32 Å². The molecule has 0 amide bonds. The fraction of sp³-hybridized carbons (Fsp3) is 0.417. The molecule has 2 rings (SSSR count). The van der Waals surface area contributed by atoms with Crippen LogP contribution in [0.3, 0.4) is 0 Å². The van der Waals surface area contributed by atoms with Crippen molar-refractivity contribution in [2.45, 2.75) is 18.4 Å². The summed E-state index contributed by atoms with van der Waals surface area (Å²) in [5.41, 5.74) is 1.29. The molecule has 88 valence electrons. The third kappa shape index (κ3) is 2.74. The number of esters is 1. The lowest BCUT2D eigenvalue weighted by atomic mass is 9.96. The molecule has 1 N–H and O–H groups in total. The van der Waals surface area contributed by atoms with E-state index in [1.165, 1.54) is 12.7 Å². The van der Waals surface area contributed by atoms with Gasteiger partial charge in [-0.15, -0.1) is 12.4 Å². The fourth-order valence-corrected chi connectivity index (χ4v) is 2.04. The quantitative estimate of drug-likeness (QED) is 0.802. The SMILES string of the molecule is COC(=O)C1CC(c2ccccc2)CN1.Cl. The van der Waals surface area contributed by atoms with Gasteiger partial charge in [0.1, 0.15) is 6.04 Å². The molecule has 0 aromatic heterocycles. The van der Waals surface area contributed by atoms with E-state index in [4.69, 9.17) is 4.74 Å². The third-order valence-corrected chi connectivity index (χ3v) is 2.89. The lowest BCUT2D eigenvalue weighted by molar-refractivity contribution is -0.142. The molecule has 1 aromatic carbocycles. The van der Waals surface area contributed by atoms with Crippen molar-refractivity contribution in [3.63, 3.8) is 0 Å². The van der Waals surface area contributed by atoms with Gasteiger partial charge in [-0.1, -0.05) is 30.3 Å². The molecule has 1 heterocycles. The topological polar surface area (TPSA) is 38.3 Å². The first-order valence-corrected chi connectivity index (χ1v) is 5.17. The Bertz CT molecular complexity index is 342. The summed E-state index contributed by atoms with van der Waals surface area (Å²) < 4.78 is 4.72. The highest BCUT2D eigenvalue weighted by molar-refractivity contribution is 5.85. The van der Waals surface area contributed by atoms with Crippen LogP contribution in [0.2, 0.25) is 0 Å². The van der Waals surface area contributed by atoms with Crippen molar-refractivity contribution in [2.24, 2.45) is 0 Å². The summed E-state index contributed by atoms with van der Waals surface area (Å²) in [7, 11) is 1.43. The van der Waals surface area contributed by atoms with Crippen LogP contribution in [0.25, 0.3) is 0 Å². The van der Waals surface area contributed by atoms with Gasteiger partial charge in [0, 0.05) is 6.54 Å². The number of hydrogen-bond donors (Lipinski definition) is 1. The number of carbonyl (C=O) groups excluding carboxylic acids is 1. The van der Waals surface area contributed by atoms with Crippen molar-refractivity contribution < 1.29 is 9.53 Å². The molecule has 2 unspecified atom stereocenters. The zero-order valence-electron chi connectivity index (χ0n) is 9.18. The molecular weight excluding hydrogens is 226 g/mol. The van der Waals surface area contributed by atoms with Crippen LogP contribution in [0.5, 0.6) is 0 Å². The van der Waals surface area contributed by atoms with Gasteiger partial charge in [-0.05, 0) is 17.9 Å². The number of nitrogens with one attached hydrogen (secondary N) is 1. The molecule has 3 nitrogen and oxygen atoms in total. The van der Waals surface area contributed by atoms with Gasteiger partial charge >= 0.3 is 5.97 Å². The minimum absolute atomic E-state index is 0. The van der Waals surface area contributed by atoms with Gasteiger partial charge < -0.3 is 10.1 Å². The Labute approximate surface area is 102 Å². The van der Waals surface area contributed by atoms with E-state index in [1.54, 1.807) is 0 Å². The predicted molar refractivity (Wildman–Crippen MR) is 64.9 cm³/mol. The Balaban J connectivity index is 0.00000128. The summed E-state index contributed by atoms with van der Waals surface area (Å²) in [4.78, 5) is 11.3. The fourth-order valence-electron chi connectivity index (χ4n) is 2.04. The maximum absolute atomic E-state index is 11.3. The van der Waals surface area contributed by atoms with E-state index in [2.05, 4.69) is 17.4 Å². The lowest BCUT2D eigenvalue weighted by Gasteiger charge is -2.08. The van der Waals surface area contributed by atoms with Gasteiger partial charge in [0.15, 0.2) is 0 Å². The van der Waals surface area contributed by atoms with Crippen molar-refractivity contribution in [1.29, 1.82) is 0 Å². The van der Waals surface area contributed by atoms with Gasteiger partial charge in [-0.25, -0.2) is 0 Å². The average molecular weight is 242 g/mol. The number of rotatable bonds is 2. The van der Waals surface area contributed by atoms with Gasteiger partial charge in [0.25, 0.3) is 0 Å². The lowest BCUT2D eigenvalue weighted by Crippen LogP contribution is -2.31. The number of methoxy groups -OCH3 is 1. The third-order valence-electron chi connectivity index (χ3n) is 2.89. The molecule has 0 radical (unpaired) electrons. The van der Waals surface area contributed by atoms with Crippen LogP contribution in [0.1, 0.15) is 17.9 Å². The maximum Gasteiger partial charge on any atom is 0.322 e. The molecular formula is C12H16ClNO2. The van der Waals surface area contributed by atoms with E-state index >= 15 is 0 Å². The normalized spacial score (nSPS) is 23.6. The van der Waals surface area contributed by atoms with Gasteiger partial charge in [0.05, 0.1) is 7.11 Å². The van der Waals surface area contributed by atoms with Crippen LogP contribution >= 0.6 is 12.4 Å². The first-order valence-electron chi connectivity index (χ1n) is 5.17. The van der Waals surface area contributed by atoms with Gasteiger partial charge in [-0.3, -0.25) is 4.79 Å². The molecule has 1 saturated heterocycles. The molecule has 0 aliphatic carbocycles. The molecule has 0 spiro atoms. The summed E-state index contributed by atoms with van der Waals surface area (Å²) >= 11 is 0. The minimum Gasteiger partial charge on any atom is -0.468 e. The second-order valence-electron chi connectivity index (χ2n) is 3.83. The number of benzene rings is 1. The van der Waals surface area contributed by atoms with E-state index in [0.29, 0.717) is 5.92 Å². The Kier molecular flexibility index (Phi) is 4.77. The number of carbonyl (C=O) groups is 1. The molecule has 0 saturated carbocycles. The zero-order valence-corrected chi connectivity index (χ0v) is 10.00. The number of ether oxygens (including phenoxy) is 1. The molecule has 1 fully saturated rings. The first kappa shape index (κ1) is 13.0. The van der Waals surface area contributed by atoms with E-state index < -0.39 is 0 Å². The van der Waals surface area contributed by atoms with Crippen LogP contribution < -0.4 is 5.32 Å². The monoisotopic (exact) mass is 241 g/mol. The summed E-state index contributed by atoms with van der Waals surface area (Å²) in [6.07, 6.45) is 0.830. The van der Waals surface area contributed by atoms with E-state index in [1.807, 2.05) is 18.2 Å². The number of hydrogen-bond acceptors (Lipinski definition) is 3. The maximum atomic E-state index is 11.3. The van der Waals surface area contributed by atoms with Crippen molar-refractivity contribution in [3.05, 3.63) is 35.9 Å².